The molecule has 0 aliphatic heterocycles. The molecular formula is C7H10O. The molecule has 1 aliphatic rings. The molecule has 0 amide bonds. The van der Waals surface area contributed by atoms with Crippen LogP contribution in [-0.2, 0) is 0 Å². The molecule has 0 heterocycles. The number of rotatable bonds is 0. The Morgan fingerprint density at radius 3 is 2.25 bits per heavy atom. The fraction of sp³-hybridized carbons (Fsp3) is 0.429. The maximum atomic E-state index is 9.04. The first kappa shape index (κ1) is 5.57. The summed E-state index contributed by atoms with van der Waals surface area (Å²) in [5, 5.41) is 9.04. The standard InChI is InChI=1S/C7H10O/c1-6-4-2-3-5-7(6)8/h2-8H,1H3. The first-order chi connectivity index (χ1) is 3.80. The Kier molecular flexibility index (Phi) is 1.49. The third-order valence-electron chi connectivity index (χ3n) is 1.37. The van der Waals surface area contributed by atoms with E-state index >= 15 is 0 Å². The van der Waals surface area contributed by atoms with E-state index in [2.05, 4.69) is 0 Å². The van der Waals surface area contributed by atoms with Crippen molar-refractivity contribution in [3.63, 3.8) is 0 Å². The molecule has 1 heteroatoms. The van der Waals surface area contributed by atoms with E-state index in [0.29, 0.717) is 5.92 Å². The number of hydrogen-bond acceptors (Lipinski definition) is 1. The van der Waals surface area contributed by atoms with Gasteiger partial charge in [0.1, 0.15) is 0 Å². The summed E-state index contributed by atoms with van der Waals surface area (Å²) in [7, 11) is 0. The van der Waals surface area contributed by atoms with E-state index in [1.807, 2.05) is 25.2 Å². The minimum atomic E-state index is -0.264. The molecule has 2 atom stereocenters. The number of allylic oxidation sites excluding steroid dienone is 2. The van der Waals surface area contributed by atoms with Gasteiger partial charge in [0, 0.05) is 5.92 Å². The number of aliphatic hydroxyl groups is 1. The van der Waals surface area contributed by atoms with Gasteiger partial charge in [-0.05, 0) is 0 Å². The van der Waals surface area contributed by atoms with E-state index < -0.39 is 0 Å². The van der Waals surface area contributed by atoms with Crippen LogP contribution in [0.15, 0.2) is 24.3 Å². The van der Waals surface area contributed by atoms with Gasteiger partial charge in [0.15, 0.2) is 0 Å². The summed E-state index contributed by atoms with van der Waals surface area (Å²) < 4.78 is 0. The van der Waals surface area contributed by atoms with Gasteiger partial charge in [0.25, 0.3) is 0 Å². The van der Waals surface area contributed by atoms with Crippen LogP contribution in [0.5, 0.6) is 0 Å². The molecule has 0 fully saturated rings. The Morgan fingerprint density at radius 2 is 1.88 bits per heavy atom. The van der Waals surface area contributed by atoms with Crippen molar-refractivity contribution < 1.29 is 5.11 Å². The van der Waals surface area contributed by atoms with Crippen LogP contribution in [0.3, 0.4) is 0 Å². The van der Waals surface area contributed by atoms with Gasteiger partial charge in [0.05, 0.1) is 6.10 Å². The van der Waals surface area contributed by atoms with E-state index in [9.17, 15) is 0 Å². The lowest BCUT2D eigenvalue weighted by Crippen LogP contribution is -2.13. The summed E-state index contributed by atoms with van der Waals surface area (Å²) in [6, 6.07) is 0. The van der Waals surface area contributed by atoms with Gasteiger partial charge >= 0.3 is 0 Å². The molecule has 0 aromatic rings. The Morgan fingerprint density at radius 1 is 1.25 bits per heavy atom. The lowest BCUT2D eigenvalue weighted by Gasteiger charge is -2.12. The van der Waals surface area contributed by atoms with Gasteiger partial charge in [-0.2, -0.15) is 0 Å². The van der Waals surface area contributed by atoms with Crippen molar-refractivity contribution in [1.29, 1.82) is 0 Å². The van der Waals surface area contributed by atoms with Crippen molar-refractivity contribution in [1.82, 2.24) is 0 Å². The maximum Gasteiger partial charge on any atom is 0.0783 e. The van der Waals surface area contributed by atoms with E-state index in [4.69, 9.17) is 5.11 Å². The lowest BCUT2D eigenvalue weighted by molar-refractivity contribution is 0.184. The normalized spacial score (nSPS) is 35.8. The molecule has 0 radical (unpaired) electrons. The molecule has 44 valence electrons. The SMILES string of the molecule is CC1C=CC=CC1O. The molecule has 0 aromatic heterocycles. The van der Waals surface area contributed by atoms with E-state index in [1.165, 1.54) is 0 Å². The highest BCUT2D eigenvalue weighted by molar-refractivity contribution is 5.13. The molecule has 1 aliphatic carbocycles. The van der Waals surface area contributed by atoms with Crippen LogP contribution in [0, 0.1) is 5.92 Å². The highest BCUT2D eigenvalue weighted by Crippen LogP contribution is 2.09. The number of hydrogen-bond donors (Lipinski definition) is 1. The summed E-state index contributed by atoms with van der Waals surface area (Å²) in [5.74, 6) is 0.292. The van der Waals surface area contributed by atoms with Gasteiger partial charge < -0.3 is 5.11 Å². The predicted octanol–water partition coefficient (Wildman–Crippen LogP) is 1.11. The first-order valence-corrected chi connectivity index (χ1v) is 2.84. The molecule has 2 unspecified atom stereocenters. The molecule has 8 heavy (non-hydrogen) atoms. The molecular weight excluding hydrogens is 100 g/mol. The van der Waals surface area contributed by atoms with Crippen molar-refractivity contribution >= 4 is 0 Å². The maximum absolute atomic E-state index is 9.04. The molecule has 0 aromatic carbocycles. The average Bonchev–Trinajstić information content (AvgIpc) is 1.77. The second-order valence-electron chi connectivity index (χ2n) is 2.12. The highest BCUT2D eigenvalue weighted by Gasteiger charge is 2.07. The minimum Gasteiger partial charge on any atom is -0.388 e. The lowest BCUT2D eigenvalue weighted by atomic mass is 10.0. The zero-order valence-electron chi connectivity index (χ0n) is 4.91. The predicted molar refractivity (Wildman–Crippen MR) is 33.5 cm³/mol. The summed E-state index contributed by atoms with van der Waals surface area (Å²) in [5.41, 5.74) is 0. The molecule has 1 rings (SSSR count). The topological polar surface area (TPSA) is 20.2 Å². The minimum absolute atomic E-state index is 0.264. The molecule has 0 bridgehead atoms. The van der Waals surface area contributed by atoms with Crippen LogP contribution in [-0.4, -0.2) is 11.2 Å². The Balaban J connectivity index is 2.59. The summed E-state index contributed by atoms with van der Waals surface area (Å²) in [6.07, 6.45) is 7.34. The monoisotopic (exact) mass is 110 g/mol. The third kappa shape index (κ3) is 0.984. The van der Waals surface area contributed by atoms with Crippen LogP contribution < -0.4 is 0 Å². The third-order valence-corrected chi connectivity index (χ3v) is 1.37. The van der Waals surface area contributed by atoms with Crippen LogP contribution in [0.2, 0.25) is 0 Å². The van der Waals surface area contributed by atoms with E-state index in [-0.39, 0.29) is 6.10 Å². The van der Waals surface area contributed by atoms with Gasteiger partial charge in [-0.1, -0.05) is 31.2 Å². The second-order valence-corrected chi connectivity index (χ2v) is 2.12. The average molecular weight is 110 g/mol. The van der Waals surface area contributed by atoms with Crippen molar-refractivity contribution in [2.75, 3.05) is 0 Å². The Bertz CT molecular complexity index is 108. The Labute approximate surface area is 49.3 Å². The van der Waals surface area contributed by atoms with Crippen LogP contribution in [0.25, 0.3) is 0 Å². The zero-order chi connectivity index (χ0) is 5.98. The van der Waals surface area contributed by atoms with Crippen molar-refractivity contribution in [3.05, 3.63) is 24.3 Å². The molecule has 0 saturated heterocycles. The second kappa shape index (κ2) is 2.14. The summed E-state index contributed by atoms with van der Waals surface area (Å²) in [6.45, 7) is 1.99. The van der Waals surface area contributed by atoms with Gasteiger partial charge in [-0.3, -0.25) is 0 Å². The Hall–Kier alpha value is -0.560. The quantitative estimate of drug-likeness (QED) is 0.495. The highest BCUT2D eigenvalue weighted by atomic mass is 16.3. The van der Waals surface area contributed by atoms with Crippen LogP contribution in [0.1, 0.15) is 6.92 Å². The van der Waals surface area contributed by atoms with E-state index in [0.717, 1.165) is 0 Å². The molecule has 0 spiro atoms. The smallest absolute Gasteiger partial charge is 0.0783 e. The fourth-order valence-electron chi connectivity index (χ4n) is 0.707. The zero-order valence-corrected chi connectivity index (χ0v) is 4.91. The summed E-state index contributed by atoms with van der Waals surface area (Å²) in [4.78, 5) is 0. The fourth-order valence-corrected chi connectivity index (χ4v) is 0.707. The first-order valence-electron chi connectivity index (χ1n) is 2.84. The van der Waals surface area contributed by atoms with Gasteiger partial charge in [-0.25, -0.2) is 0 Å². The van der Waals surface area contributed by atoms with E-state index in [1.54, 1.807) is 6.08 Å². The van der Waals surface area contributed by atoms with Crippen LogP contribution in [0.4, 0.5) is 0 Å². The summed E-state index contributed by atoms with van der Waals surface area (Å²) >= 11 is 0. The van der Waals surface area contributed by atoms with Crippen LogP contribution >= 0.6 is 0 Å². The van der Waals surface area contributed by atoms with Crippen molar-refractivity contribution in [3.8, 4) is 0 Å². The molecule has 0 saturated carbocycles. The molecule has 1 N–H and O–H groups in total. The largest absolute Gasteiger partial charge is 0.388 e. The van der Waals surface area contributed by atoms with Crippen molar-refractivity contribution in [2.45, 2.75) is 13.0 Å². The van der Waals surface area contributed by atoms with Crippen molar-refractivity contribution in [2.24, 2.45) is 5.92 Å². The number of aliphatic hydroxyl groups excluding tert-OH is 1. The van der Waals surface area contributed by atoms with Gasteiger partial charge in [0.2, 0.25) is 0 Å². The molecule has 1 nitrogen and oxygen atoms in total. The van der Waals surface area contributed by atoms with Gasteiger partial charge in [-0.15, -0.1) is 0 Å².